The zero-order valence-electron chi connectivity index (χ0n) is 14.8. The van der Waals surface area contributed by atoms with E-state index in [2.05, 4.69) is 20.6 Å². The number of alkyl halides is 6. The maximum Gasteiger partial charge on any atom is 0.434 e. The highest BCUT2D eigenvalue weighted by molar-refractivity contribution is 7.09. The van der Waals surface area contributed by atoms with Crippen molar-refractivity contribution >= 4 is 17.3 Å². The Balaban J connectivity index is 1.90. The lowest BCUT2D eigenvalue weighted by molar-refractivity contribution is -0.141. The predicted molar refractivity (Wildman–Crippen MR) is 95.1 cm³/mol. The molecule has 2 aromatic rings. The van der Waals surface area contributed by atoms with Gasteiger partial charge in [0.1, 0.15) is 5.01 Å². The van der Waals surface area contributed by atoms with Gasteiger partial charge in [-0.3, -0.25) is 0 Å². The summed E-state index contributed by atoms with van der Waals surface area (Å²) in [4.78, 5) is 7.69. The number of benzene rings is 1. The van der Waals surface area contributed by atoms with Gasteiger partial charge >= 0.3 is 12.4 Å². The number of hydrogen-bond donors (Lipinski definition) is 2. The van der Waals surface area contributed by atoms with Crippen LogP contribution in [-0.2, 0) is 25.3 Å². The van der Waals surface area contributed by atoms with Gasteiger partial charge in [0, 0.05) is 18.5 Å². The molecule has 0 saturated heterocycles. The molecular weight excluding hydrogens is 406 g/mol. The van der Waals surface area contributed by atoms with E-state index in [0.29, 0.717) is 31.0 Å². The summed E-state index contributed by atoms with van der Waals surface area (Å²) in [6.07, 6.45) is -8.40. The molecule has 2 rings (SSSR count). The molecule has 0 atom stereocenters. The summed E-state index contributed by atoms with van der Waals surface area (Å²) in [5, 5.41) is 7.11. The average molecular weight is 424 g/mol. The average Bonchev–Trinajstić information content (AvgIpc) is 3.09. The van der Waals surface area contributed by atoms with Crippen molar-refractivity contribution in [2.45, 2.75) is 32.2 Å². The first-order chi connectivity index (χ1) is 13.1. The number of thiazole rings is 1. The van der Waals surface area contributed by atoms with E-state index in [9.17, 15) is 26.3 Å². The summed E-state index contributed by atoms with van der Waals surface area (Å²) >= 11 is 0.875. The molecule has 1 aromatic heterocycles. The second-order valence-electron chi connectivity index (χ2n) is 5.69. The maximum atomic E-state index is 12.6. The first-order valence-corrected chi connectivity index (χ1v) is 9.17. The van der Waals surface area contributed by atoms with Gasteiger partial charge in [0.15, 0.2) is 11.7 Å². The largest absolute Gasteiger partial charge is 0.434 e. The van der Waals surface area contributed by atoms with E-state index >= 15 is 0 Å². The number of nitrogens with zero attached hydrogens (tertiary/aromatic N) is 2. The number of aromatic nitrogens is 1. The first-order valence-electron chi connectivity index (χ1n) is 8.29. The van der Waals surface area contributed by atoms with Crippen molar-refractivity contribution in [2.75, 3.05) is 13.1 Å². The molecule has 154 valence electrons. The zero-order chi connectivity index (χ0) is 20.8. The van der Waals surface area contributed by atoms with E-state index in [0.717, 1.165) is 28.8 Å². The zero-order valence-corrected chi connectivity index (χ0v) is 15.6. The molecule has 0 unspecified atom stereocenters. The molecule has 4 nitrogen and oxygen atoms in total. The van der Waals surface area contributed by atoms with Crippen molar-refractivity contribution in [3.05, 3.63) is 51.5 Å². The van der Waals surface area contributed by atoms with Crippen LogP contribution in [-0.4, -0.2) is 24.0 Å². The van der Waals surface area contributed by atoms with Crippen LogP contribution in [0.2, 0.25) is 0 Å². The van der Waals surface area contributed by atoms with Gasteiger partial charge in [0.05, 0.1) is 12.1 Å². The topological polar surface area (TPSA) is 49.3 Å². The Kier molecular flexibility index (Phi) is 7.28. The van der Waals surface area contributed by atoms with Gasteiger partial charge in [0.2, 0.25) is 0 Å². The molecule has 0 aliphatic carbocycles. The fraction of sp³-hybridized carbons (Fsp3) is 0.412. The molecule has 0 aliphatic rings. The van der Waals surface area contributed by atoms with Crippen LogP contribution in [0, 0.1) is 0 Å². The van der Waals surface area contributed by atoms with Crippen molar-refractivity contribution in [3.63, 3.8) is 0 Å². The van der Waals surface area contributed by atoms with Gasteiger partial charge in [-0.15, -0.1) is 11.3 Å². The van der Waals surface area contributed by atoms with Gasteiger partial charge in [-0.1, -0.05) is 12.1 Å². The molecule has 0 aliphatic heterocycles. The van der Waals surface area contributed by atoms with Crippen LogP contribution in [0.5, 0.6) is 0 Å². The molecule has 0 bridgehead atoms. The molecule has 0 radical (unpaired) electrons. The summed E-state index contributed by atoms with van der Waals surface area (Å²) < 4.78 is 75.3. The van der Waals surface area contributed by atoms with Crippen LogP contribution >= 0.6 is 11.3 Å². The highest BCUT2D eigenvalue weighted by atomic mass is 32.1. The quantitative estimate of drug-likeness (QED) is 0.409. The highest BCUT2D eigenvalue weighted by Crippen LogP contribution is 2.30. The third-order valence-corrected chi connectivity index (χ3v) is 4.38. The minimum atomic E-state index is -4.48. The van der Waals surface area contributed by atoms with Gasteiger partial charge in [-0.2, -0.15) is 26.3 Å². The number of hydrogen-bond acceptors (Lipinski definition) is 3. The number of guanidine groups is 1. The van der Waals surface area contributed by atoms with Crippen molar-refractivity contribution in [3.8, 4) is 0 Å². The second kappa shape index (κ2) is 9.26. The van der Waals surface area contributed by atoms with E-state index < -0.39 is 23.6 Å². The van der Waals surface area contributed by atoms with Crippen LogP contribution in [0.3, 0.4) is 0 Å². The van der Waals surface area contributed by atoms with Crippen LogP contribution in [0.4, 0.5) is 26.3 Å². The highest BCUT2D eigenvalue weighted by Gasteiger charge is 2.33. The standard InChI is InChI=1S/C17H18F6N4S/c1-2-24-15(26-9-14-27-13(10-28-14)17(21,22)23)25-8-7-11-3-5-12(6-4-11)16(18,19)20/h3-6,10H,2,7-9H2,1H3,(H2,24,25,26). The summed E-state index contributed by atoms with van der Waals surface area (Å²) in [7, 11) is 0. The minimum absolute atomic E-state index is 0.0175. The lowest BCUT2D eigenvalue weighted by Crippen LogP contribution is -2.38. The van der Waals surface area contributed by atoms with Crippen LogP contribution in [0.25, 0.3) is 0 Å². The van der Waals surface area contributed by atoms with E-state index in [1.165, 1.54) is 12.1 Å². The molecule has 28 heavy (non-hydrogen) atoms. The Morgan fingerprint density at radius 3 is 2.25 bits per heavy atom. The summed E-state index contributed by atoms with van der Waals surface area (Å²) in [5.74, 6) is 0.387. The van der Waals surface area contributed by atoms with Crippen molar-refractivity contribution in [1.29, 1.82) is 0 Å². The van der Waals surface area contributed by atoms with Gasteiger partial charge in [-0.25, -0.2) is 9.98 Å². The molecule has 0 amide bonds. The Morgan fingerprint density at radius 2 is 1.71 bits per heavy atom. The summed E-state index contributed by atoms with van der Waals surface area (Å²) in [6, 6.07) is 4.86. The molecule has 1 heterocycles. The lowest BCUT2D eigenvalue weighted by Gasteiger charge is -2.11. The minimum Gasteiger partial charge on any atom is -0.357 e. The van der Waals surface area contributed by atoms with Crippen molar-refractivity contribution < 1.29 is 26.3 Å². The number of rotatable bonds is 6. The molecular formula is C17H18F6N4S. The Bertz CT molecular complexity index is 780. The molecule has 0 fully saturated rings. The predicted octanol–water partition coefficient (Wildman–Crippen LogP) is 4.48. The third kappa shape index (κ3) is 6.70. The SMILES string of the molecule is CCNC(=NCc1nc(C(F)(F)F)cs1)NCCc1ccc(C(F)(F)F)cc1. The molecule has 11 heteroatoms. The van der Waals surface area contributed by atoms with Gasteiger partial charge in [-0.05, 0) is 31.0 Å². The Labute approximate surface area is 161 Å². The Morgan fingerprint density at radius 1 is 1.04 bits per heavy atom. The van der Waals surface area contributed by atoms with E-state index in [1.54, 1.807) is 0 Å². The van der Waals surface area contributed by atoms with E-state index in [-0.39, 0.29) is 11.6 Å². The van der Waals surface area contributed by atoms with E-state index in [1.807, 2.05) is 6.92 Å². The molecule has 0 saturated carbocycles. The van der Waals surface area contributed by atoms with Gasteiger partial charge < -0.3 is 10.6 Å². The maximum absolute atomic E-state index is 12.6. The summed E-state index contributed by atoms with van der Waals surface area (Å²) in [6.45, 7) is 2.75. The van der Waals surface area contributed by atoms with Crippen LogP contribution in [0.1, 0.15) is 28.8 Å². The van der Waals surface area contributed by atoms with Crippen LogP contribution < -0.4 is 10.6 Å². The number of halogens is 6. The normalized spacial score (nSPS) is 12.9. The van der Waals surface area contributed by atoms with Crippen molar-refractivity contribution in [1.82, 2.24) is 15.6 Å². The van der Waals surface area contributed by atoms with E-state index in [4.69, 9.17) is 0 Å². The van der Waals surface area contributed by atoms with Gasteiger partial charge in [0.25, 0.3) is 0 Å². The fourth-order valence-electron chi connectivity index (χ4n) is 2.19. The monoisotopic (exact) mass is 424 g/mol. The number of aliphatic imine (C=N–C) groups is 1. The molecule has 0 spiro atoms. The third-order valence-electron chi connectivity index (χ3n) is 3.55. The molecule has 2 N–H and O–H groups in total. The number of nitrogens with one attached hydrogen (secondary N) is 2. The van der Waals surface area contributed by atoms with Crippen LogP contribution in [0.15, 0.2) is 34.6 Å². The molecule has 1 aromatic carbocycles. The smallest absolute Gasteiger partial charge is 0.357 e. The first kappa shape index (κ1) is 22.0. The second-order valence-corrected chi connectivity index (χ2v) is 6.63. The summed E-state index contributed by atoms with van der Waals surface area (Å²) in [5.41, 5.74) is -0.935. The van der Waals surface area contributed by atoms with Crippen molar-refractivity contribution in [2.24, 2.45) is 4.99 Å². The Hall–Kier alpha value is -2.30. The lowest BCUT2D eigenvalue weighted by atomic mass is 10.1. The fourth-order valence-corrected chi connectivity index (χ4v) is 2.91.